The average Bonchev–Trinajstić information content (AvgIpc) is 2.40. The van der Waals surface area contributed by atoms with E-state index in [0.717, 1.165) is 19.3 Å². The Kier molecular flexibility index (Phi) is 5.16. The molecule has 1 saturated carbocycles. The van der Waals surface area contributed by atoms with Crippen LogP contribution in [0.5, 0.6) is 0 Å². The molecule has 21 heavy (non-hydrogen) atoms. The van der Waals surface area contributed by atoms with Gasteiger partial charge in [-0.1, -0.05) is 25.0 Å². The number of nitrogens with two attached hydrogens (primary N) is 1. The van der Waals surface area contributed by atoms with Gasteiger partial charge in [0.05, 0.1) is 11.6 Å². The highest BCUT2D eigenvalue weighted by molar-refractivity contribution is 8.00. The predicted octanol–water partition coefficient (Wildman–Crippen LogP) is 3.75. The van der Waals surface area contributed by atoms with Crippen LogP contribution in [0.1, 0.15) is 25.7 Å². The third-order valence-electron chi connectivity index (χ3n) is 3.53. The van der Waals surface area contributed by atoms with Crippen molar-refractivity contribution in [2.45, 2.75) is 42.1 Å². The first-order chi connectivity index (χ1) is 9.87. The van der Waals surface area contributed by atoms with Crippen LogP contribution >= 0.6 is 11.8 Å². The molecule has 0 bridgehead atoms. The zero-order valence-corrected chi connectivity index (χ0v) is 12.1. The zero-order valence-electron chi connectivity index (χ0n) is 11.3. The van der Waals surface area contributed by atoms with E-state index in [2.05, 4.69) is 5.32 Å². The smallest absolute Gasteiger partial charge is 0.327 e. The molecule has 0 spiro atoms. The van der Waals surface area contributed by atoms with Crippen LogP contribution in [-0.2, 0) is 4.79 Å². The normalized spacial score (nSPS) is 22.9. The Morgan fingerprint density at radius 2 is 1.90 bits per heavy atom. The lowest BCUT2D eigenvalue weighted by molar-refractivity contribution is -0.121. The Morgan fingerprint density at radius 3 is 2.57 bits per heavy atom. The largest absolute Gasteiger partial charge is 0.446 e. The van der Waals surface area contributed by atoms with Gasteiger partial charge in [0.2, 0.25) is 5.91 Å². The first-order valence-corrected chi connectivity index (χ1v) is 7.60. The minimum atomic E-state index is -4.39. The molecule has 0 aliphatic heterocycles. The summed E-state index contributed by atoms with van der Waals surface area (Å²) in [7, 11) is 0. The Balaban J connectivity index is 2.10. The summed E-state index contributed by atoms with van der Waals surface area (Å²) < 4.78 is 37.5. The van der Waals surface area contributed by atoms with Gasteiger partial charge in [-0.25, -0.2) is 0 Å². The lowest BCUT2D eigenvalue weighted by Gasteiger charge is -2.27. The van der Waals surface area contributed by atoms with Crippen molar-refractivity contribution in [3.63, 3.8) is 0 Å². The van der Waals surface area contributed by atoms with E-state index in [1.165, 1.54) is 18.2 Å². The molecule has 0 saturated heterocycles. The summed E-state index contributed by atoms with van der Waals surface area (Å²) in [6.07, 6.45) is 3.37. The molecule has 1 fully saturated rings. The number of benzene rings is 1. The lowest BCUT2D eigenvalue weighted by Crippen LogP contribution is -2.40. The van der Waals surface area contributed by atoms with E-state index >= 15 is 0 Å². The summed E-state index contributed by atoms with van der Waals surface area (Å²) in [4.78, 5) is 12.2. The van der Waals surface area contributed by atoms with Gasteiger partial charge < -0.3 is 11.1 Å². The van der Waals surface area contributed by atoms with Gasteiger partial charge in [-0.05, 0) is 36.7 Å². The molecule has 2 unspecified atom stereocenters. The third kappa shape index (κ3) is 4.64. The molecule has 7 heteroatoms. The number of anilines is 1. The molecule has 2 rings (SSSR count). The number of carbonyl (C=O) groups is 1. The fourth-order valence-corrected chi connectivity index (χ4v) is 3.12. The molecule has 3 N–H and O–H groups in total. The van der Waals surface area contributed by atoms with Crippen LogP contribution in [0, 0.1) is 5.92 Å². The van der Waals surface area contributed by atoms with Crippen molar-refractivity contribution in [2.24, 2.45) is 11.7 Å². The van der Waals surface area contributed by atoms with Gasteiger partial charge in [-0.2, -0.15) is 13.2 Å². The molecule has 1 aromatic carbocycles. The highest BCUT2D eigenvalue weighted by Gasteiger charge is 2.32. The quantitative estimate of drug-likeness (QED) is 0.835. The van der Waals surface area contributed by atoms with Crippen LogP contribution in [0.4, 0.5) is 18.9 Å². The number of thioether (sulfide) groups is 1. The number of alkyl halides is 3. The molecule has 1 aliphatic rings. The number of amides is 1. The van der Waals surface area contributed by atoms with Crippen LogP contribution in [0.15, 0.2) is 29.2 Å². The predicted molar refractivity (Wildman–Crippen MR) is 76.9 cm³/mol. The fourth-order valence-electron chi connectivity index (χ4n) is 2.49. The van der Waals surface area contributed by atoms with Gasteiger partial charge in [0.25, 0.3) is 0 Å². The molecule has 1 aromatic rings. The summed E-state index contributed by atoms with van der Waals surface area (Å²) in [6.45, 7) is 0. The summed E-state index contributed by atoms with van der Waals surface area (Å²) >= 11 is -0.229. The third-order valence-corrected chi connectivity index (χ3v) is 4.33. The Labute approximate surface area is 125 Å². The first-order valence-electron chi connectivity index (χ1n) is 6.78. The molecular formula is C14H17F3N2OS. The van der Waals surface area contributed by atoms with E-state index in [-0.39, 0.29) is 40.2 Å². The number of rotatable bonds is 3. The number of halogens is 3. The molecular weight excluding hydrogens is 301 g/mol. The van der Waals surface area contributed by atoms with E-state index < -0.39 is 5.51 Å². The van der Waals surface area contributed by atoms with Crippen molar-refractivity contribution in [3.8, 4) is 0 Å². The van der Waals surface area contributed by atoms with E-state index in [0.29, 0.717) is 6.42 Å². The van der Waals surface area contributed by atoms with E-state index in [9.17, 15) is 18.0 Å². The number of hydrogen-bond donors (Lipinski definition) is 2. The van der Waals surface area contributed by atoms with Gasteiger partial charge >= 0.3 is 5.51 Å². The second-order valence-corrected chi connectivity index (χ2v) is 6.19. The maximum atomic E-state index is 12.5. The van der Waals surface area contributed by atoms with Crippen molar-refractivity contribution >= 4 is 23.4 Å². The van der Waals surface area contributed by atoms with E-state index in [1.54, 1.807) is 6.07 Å². The second kappa shape index (κ2) is 6.70. The van der Waals surface area contributed by atoms with Crippen LogP contribution < -0.4 is 11.1 Å². The maximum Gasteiger partial charge on any atom is 0.446 e. The minimum Gasteiger partial charge on any atom is -0.327 e. The van der Waals surface area contributed by atoms with Crippen molar-refractivity contribution in [1.82, 2.24) is 0 Å². The highest BCUT2D eigenvalue weighted by Crippen LogP contribution is 2.40. The van der Waals surface area contributed by atoms with Gasteiger partial charge in [-0.3, -0.25) is 4.79 Å². The number of carbonyl (C=O) groups excluding carboxylic acids is 1. The van der Waals surface area contributed by atoms with Crippen LogP contribution in [-0.4, -0.2) is 17.5 Å². The molecule has 2 atom stereocenters. The second-order valence-electron chi connectivity index (χ2n) is 5.09. The molecule has 1 amide bonds. The zero-order chi connectivity index (χ0) is 15.5. The van der Waals surface area contributed by atoms with Crippen LogP contribution in [0.3, 0.4) is 0 Å². The lowest BCUT2D eigenvalue weighted by atomic mass is 9.84. The van der Waals surface area contributed by atoms with Crippen LogP contribution in [0.2, 0.25) is 0 Å². The Hall–Kier alpha value is -1.21. The fraction of sp³-hybridized carbons (Fsp3) is 0.500. The summed E-state index contributed by atoms with van der Waals surface area (Å²) in [5, 5.41) is 2.59. The Bertz CT molecular complexity index is 507. The summed E-state index contributed by atoms with van der Waals surface area (Å²) in [5.74, 6) is -0.625. The van der Waals surface area contributed by atoms with Crippen LogP contribution in [0.25, 0.3) is 0 Å². The first kappa shape index (κ1) is 16.2. The monoisotopic (exact) mass is 318 g/mol. The molecule has 0 aromatic heterocycles. The number of para-hydroxylation sites is 1. The van der Waals surface area contributed by atoms with Gasteiger partial charge in [0.1, 0.15) is 0 Å². The molecule has 0 heterocycles. The molecule has 3 nitrogen and oxygen atoms in total. The number of hydrogen-bond acceptors (Lipinski definition) is 3. The maximum absolute atomic E-state index is 12.5. The van der Waals surface area contributed by atoms with Gasteiger partial charge in [-0.15, -0.1) is 0 Å². The Morgan fingerprint density at radius 1 is 1.24 bits per heavy atom. The number of nitrogens with one attached hydrogen (secondary N) is 1. The summed E-state index contributed by atoms with van der Waals surface area (Å²) in [6, 6.07) is 5.70. The van der Waals surface area contributed by atoms with Crippen molar-refractivity contribution in [2.75, 3.05) is 5.32 Å². The highest BCUT2D eigenvalue weighted by atomic mass is 32.2. The van der Waals surface area contributed by atoms with E-state index in [4.69, 9.17) is 5.73 Å². The molecule has 1 aliphatic carbocycles. The van der Waals surface area contributed by atoms with Crippen molar-refractivity contribution < 1.29 is 18.0 Å². The standard InChI is InChI=1S/C14H17F3N2OS/c15-14(16,17)21-12-8-4-3-7-11(12)19-13(20)9-5-1-2-6-10(9)18/h3-4,7-10H,1-2,5-6,18H2,(H,19,20). The summed E-state index contributed by atoms with van der Waals surface area (Å²) in [5.41, 5.74) is 1.72. The SMILES string of the molecule is NC1CCCCC1C(=O)Nc1ccccc1SC(F)(F)F. The van der Waals surface area contributed by atoms with Gasteiger partial charge in [0, 0.05) is 10.9 Å². The molecule has 116 valence electrons. The van der Waals surface area contributed by atoms with Crippen molar-refractivity contribution in [1.29, 1.82) is 0 Å². The van der Waals surface area contributed by atoms with E-state index in [1.807, 2.05) is 0 Å². The van der Waals surface area contributed by atoms with Crippen molar-refractivity contribution in [3.05, 3.63) is 24.3 Å². The molecule has 0 radical (unpaired) electrons. The minimum absolute atomic E-state index is 0.0114. The average molecular weight is 318 g/mol. The van der Waals surface area contributed by atoms with Gasteiger partial charge in [0.15, 0.2) is 0 Å². The topological polar surface area (TPSA) is 55.1 Å².